The highest BCUT2D eigenvalue weighted by atomic mass is 16.3. The maximum Gasteiger partial charge on any atom is 0.156 e. The molecule has 2 fully saturated rings. The van der Waals surface area contributed by atoms with E-state index < -0.39 is 0 Å². The largest absolute Gasteiger partial charge is 0.393 e. The van der Waals surface area contributed by atoms with Crippen molar-refractivity contribution in [2.45, 2.75) is 71.8 Å². The average Bonchev–Trinajstić information content (AvgIpc) is 2.85. The van der Waals surface area contributed by atoms with Crippen molar-refractivity contribution in [2.24, 2.45) is 28.6 Å². The fourth-order valence-electron chi connectivity index (χ4n) is 6.75. The molecule has 0 bridgehead atoms. The third kappa shape index (κ3) is 2.06. The summed E-state index contributed by atoms with van der Waals surface area (Å²) < 4.78 is 0. The Balaban J connectivity index is 1.67. The number of allylic oxidation sites excluding steroid dienone is 3. The van der Waals surface area contributed by atoms with Crippen molar-refractivity contribution in [1.82, 2.24) is 0 Å². The van der Waals surface area contributed by atoms with E-state index in [1.165, 1.54) is 12.0 Å². The van der Waals surface area contributed by atoms with Crippen LogP contribution in [0.5, 0.6) is 0 Å². The molecule has 23 heavy (non-hydrogen) atoms. The van der Waals surface area contributed by atoms with Crippen LogP contribution in [0.2, 0.25) is 0 Å². The number of carbonyl (C=O) groups is 1. The van der Waals surface area contributed by atoms with Gasteiger partial charge in [-0.05, 0) is 86.0 Å². The molecular formula is C21H30O2. The molecule has 0 aromatic rings. The zero-order chi connectivity index (χ0) is 16.4. The lowest BCUT2D eigenvalue weighted by molar-refractivity contribution is -0.115. The van der Waals surface area contributed by atoms with Gasteiger partial charge in [-0.2, -0.15) is 0 Å². The number of hydrogen-bond acceptors (Lipinski definition) is 2. The maximum absolute atomic E-state index is 12.1. The number of aliphatic hydroxyl groups is 1. The van der Waals surface area contributed by atoms with Crippen LogP contribution in [0.4, 0.5) is 0 Å². The van der Waals surface area contributed by atoms with Gasteiger partial charge in [-0.1, -0.05) is 31.6 Å². The first-order valence-electron chi connectivity index (χ1n) is 9.45. The number of Topliss-reactive ketones (excluding diaryl/α,β-unsaturated/α-hetero) is 1. The molecule has 0 radical (unpaired) electrons. The summed E-state index contributed by atoms with van der Waals surface area (Å²) in [6, 6.07) is 0. The first kappa shape index (κ1) is 15.6. The normalized spacial score (nSPS) is 48.7. The van der Waals surface area contributed by atoms with Crippen molar-refractivity contribution in [3.63, 3.8) is 0 Å². The van der Waals surface area contributed by atoms with Crippen molar-refractivity contribution in [1.29, 1.82) is 0 Å². The highest BCUT2D eigenvalue weighted by Gasteiger charge is 2.57. The van der Waals surface area contributed by atoms with Gasteiger partial charge < -0.3 is 5.11 Å². The molecule has 0 amide bonds. The molecule has 6 atom stereocenters. The molecule has 1 N–H and O–H groups in total. The van der Waals surface area contributed by atoms with Crippen LogP contribution in [0.15, 0.2) is 23.3 Å². The van der Waals surface area contributed by atoms with Gasteiger partial charge >= 0.3 is 0 Å². The van der Waals surface area contributed by atoms with Crippen LogP contribution in [-0.2, 0) is 4.79 Å². The molecule has 4 aliphatic carbocycles. The minimum Gasteiger partial charge on any atom is -0.393 e. The number of aliphatic hydroxyl groups excluding tert-OH is 1. The van der Waals surface area contributed by atoms with Crippen LogP contribution in [-0.4, -0.2) is 17.0 Å². The summed E-state index contributed by atoms with van der Waals surface area (Å²) in [5.74, 6) is 2.38. The second kappa shape index (κ2) is 5.05. The quantitative estimate of drug-likeness (QED) is 0.727. The second-order valence-corrected chi connectivity index (χ2v) is 9.02. The lowest BCUT2D eigenvalue weighted by Gasteiger charge is -2.57. The average molecular weight is 314 g/mol. The number of ketones is 1. The minimum atomic E-state index is -0.128. The number of hydrogen-bond donors (Lipinski definition) is 1. The lowest BCUT2D eigenvalue weighted by Crippen LogP contribution is -2.50. The fraction of sp³-hybridized carbons (Fsp3) is 0.762. The first-order valence-corrected chi connectivity index (χ1v) is 9.45. The number of fused-ring (bicyclic) bond motifs is 5. The van der Waals surface area contributed by atoms with Crippen molar-refractivity contribution >= 4 is 5.78 Å². The van der Waals surface area contributed by atoms with Gasteiger partial charge in [0.15, 0.2) is 5.78 Å². The highest BCUT2D eigenvalue weighted by molar-refractivity contribution is 5.95. The van der Waals surface area contributed by atoms with Gasteiger partial charge in [0.2, 0.25) is 0 Å². The molecule has 0 spiro atoms. The molecule has 4 aliphatic rings. The Morgan fingerprint density at radius 1 is 1.09 bits per heavy atom. The van der Waals surface area contributed by atoms with Gasteiger partial charge in [0, 0.05) is 0 Å². The first-order chi connectivity index (χ1) is 10.9. The van der Waals surface area contributed by atoms with E-state index in [4.69, 9.17) is 0 Å². The van der Waals surface area contributed by atoms with Crippen molar-refractivity contribution < 1.29 is 9.90 Å². The maximum atomic E-state index is 12.1. The molecule has 2 nitrogen and oxygen atoms in total. The predicted molar refractivity (Wildman–Crippen MR) is 91.9 cm³/mol. The summed E-state index contributed by atoms with van der Waals surface area (Å²) in [6.07, 6.45) is 12.2. The van der Waals surface area contributed by atoms with Crippen LogP contribution in [0.25, 0.3) is 0 Å². The molecule has 2 heteroatoms. The van der Waals surface area contributed by atoms with Crippen LogP contribution in [0, 0.1) is 28.6 Å². The SMILES string of the molecule is CC(=O)C1=CC[C@H]2[C@@H]3CC=C4C[C@@H](O)CC[C@]4(C)[C@@H]3CC[C@]12C. The van der Waals surface area contributed by atoms with Crippen molar-refractivity contribution in [3.8, 4) is 0 Å². The zero-order valence-corrected chi connectivity index (χ0v) is 14.8. The minimum absolute atomic E-state index is 0.114. The molecule has 0 heterocycles. The predicted octanol–water partition coefficient (Wildman–Crippen LogP) is 4.44. The van der Waals surface area contributed by atoms with Crippen LogP contribution >= 0.6 is 0 Å². The smallest absolute Gasteiger partial charge is 0.156 e. The Labute approximate surface area is 140 Å². The zero-order valence-electron chi connectivity index (χ0n) is 14.8. The Bertz CT molecular complexity index is 601. The fourth-order valence-corrected chi connectivity index (χ4v) is 6.75. The lowest BCUT2D eigenvalue weighted by atomic mass is 9.47. The topological polar surface area (TPSA) is 37.3 Å². The standard InChI is InChI=1S/C21H30O2/c1-13(22)17-6-7-18-16-5-4-14-12-15(23)8-10-20(14,2)19(16)9-11-21(17,18)3/h4,6,15-16,18-19,23H,5,7-12H2,1-3H3/t15-,16-,18-,19+,20-,21+/m0/s1. The van der Waals surface area contributed by atoms with Crippen molar-refractivity contribution in [3.05, 3.63) is 23.3 Å². The van der Waals surface area contributed by atoms with Gasteiger partial charge in [-0.15, -0.1) is 0 Å². The molecule has 4 rings (SSSR count). The Kier molecular flexibility index (Phi) is 3.43. The molecule has 0 saturated heterocycles. The monoisotopic (exact) mass is 314 g/mol. The summed E-state index contributed by atoms with van der Waals surface area (Å²) in [5.41, 5.74) is 3.05. The summed E-state index contributed by atoms with van der Waals surface area (Å²) in [7, 11) is 0. The van der Waals surface area contributed by atoms with Gasteiger partial charge in [-0.3, -0.25) is 4.79 Å². The number of rotatable bonds is 1. The highest BCUT2D eigenvalue weighted by Crippen LogP contribution is 2.64. The van der Waals surface area contributed by atoms with Gasteiger partial charge in [0.25, 0.3) is 0 Å². The van der Waals surface area contributed by atoms with E-state index >= 15 is 0 Å². The Morgan fingerprint density at radius 2 is 1.83 bits per heavy atom. The van der Waals surface area contributed by atoms with Crippen molar-refractivity contribution in [2.75, 3.05) is 0 Å². The van der Waals surface area contributed by atoms with Crippen LogP contribution < -0.4 is 0 Å². The molecule has 126 valence electrons. The summed E-state index contributed by atoms with van der Waals surface area (Å²) >= 11 is 0. The molecule has 0 aliphatic heterocycles. The molecule has 2 saturated carbocycles. The van der Waals surface area contributed by atoms with E-state index in [0.717, 1.165) is 50.0 Å². The van der Waals surface area contributed by atoms with E-state index in [9.17, 15) is 9.90 Å². The number of carbonyl (C=O) groups excluding carboxylic acids is 1. The van der Waals surface area contributed by atoms with Gasteiger partial charge in [0.1, 0.15) is 0 Å². The van der Waals surface area contributed by atoms with E-state index in [-0.39, 0.29) is 17.3 Å². The summed E-state index contributed by atoms with van der Waals surface area (Å²) in [4.78, 5) is 12.1. The van der Waals surface area contributed by atoms with Gasteiger partial charge in [0.05, 0.1) is 6.10 Å². The Morgan fingerprint density at radius 3 is 2.57 bits per heavy atom. The third-order valence-electron chi connectivity index (χ3n) is 8.04. The van der Waals surface area contributed by atoms with E-state index in [2.05, 4.69) is 26.0 Å². The summed E-state index contributed by atoms with van der Waals surface area (Å²) in [6.45, 7) is 6.55. The van der Waals surface area contributed by atoms with E-state index in [1.54, 1.807) is 6.92 Å². The van der Waals surface area contributed by atoms with Gasteiger partial charge in [-0.25, -0.2) is 0 Å². The molecule has 0 aromatic heterocycles. The Hall–Kier alpha value is -0.890. The molecule has 0 unspecified atom stereocenters. The van der Waals surface area contributed by atoms with Crippen LogP contribution in [0.3, 0.4) is 0 Å². The van der Waals surface area contributed by atoms with E-state index in [1.807, 2.05) is 0 Å². The second-order valence-electron chi connectivity index (χ2n) is 9.02. The molecular weight excluding hydrogens is 284 g/mol. The molecule has 0 aromatic carbocycles. The third-order valence-corrected chi connectivity index (χ3v) is 8.04. The summed E-state index contributed by atoms with van der Waals surface area (Å²) in [5, 5.41) is 10.1. The van der Waals surface area contributed by atoms with Crippen LogP contribution in [0.1, 0.15) is 65.7 Å². The van der Waals surface area contributed by atoms with E-state index in [0.29, 0.717) is 17.3 Å².